The van der Waals surface area contributed by atoms with Crippen LogP contribution in [0.5, 0.6) is 0 Å². The van der Waals surface area contributed by atoms with E-state index in [-0.39, 0.29) is 23.5 Å². The van der Waals surface area contributed by atoms with E-state index in [9.17, 15) is 17.6 Å². The van der Waals surface area contributed by atoms with Gasteiger partial charge in [-0.25, -0.2) is 22.5 Å². The molecule has 2 aromatic carbocycles. The third kappa shape index (κ3) is 2.17. The number of hydrogen-bond donors (Lipinski definition) is 0. The number of halogens is 4. The highest BCUT2D eigenvalue weighted by molar-refractivity contribution is 5.75. The molecule has 0 aliphatic carbocycles. The molecular weight excluding hydrogens is 326 g/mol. The van der Waals surface area contributed by atoms with Crippen LogP contribution in [-0.4, -0.2) is 4.98 Å². The molecule has 7 heteroatoms. The lowest BCUT2D eigenvalue weighted by Gasteiger charge is -2.03. The van der Waals surface area contributed by atoms with Crippen molar-refractivity contribution in [2.45, 2.75) is 0 Å². The molecule has 0 atom stereocenters. The summed E-state index contributed by atoms with van der Waals surface area (Å²) in [6.07, 6.45) is 0. The van der Waals surface area contributed by atoms with Gasteiger partial charge in [0, 0.05) is 6.07 Å². The second-order valence-electron chi connectivity index (χ2n) is 4.99. The number of nitrogens with zero attached hydrogens (tertiary/aromatic N) is 1. The lowest BCUT2D eigenvalue weighted by Crippen LogP contribution is -1.97. The van der Waals surface area contributed by atoms with Gasteiger partial charge in [0.2, 0.25) is 0 Å². The van der Waals surface area contributed by atoms with Gasteiger partial charge in [-0.3, -0.25) is 0 Å². The standard InChI is InChI=1S/C17H7F4NO2/c18-8-7-9(19)16(21)14(15(8)20)12-5-6-13(23-12)17-22-10-3-1-2-4-11(10)24-17/h1-7H. The maximum absolute atomic E-state index is 13.8. The number of benzene rings is 2. The number of aromatic nitrogens is 1. The number of rotatable bonds is 2. The Labute approximate surface area is 132 Å². The van der Waals surface area contributed by atoms with Crippen LogP contribution in [0.2, 0.25) is 0 Å². The molecule has 4 aromatic rings. The van der Waals surface area contributed by atoms with Crippen molar-refractivity contribution in [1.29, 1.82) is 0 Å². The Morgan fingerprint density at radius 1 is 0.750 bits per heavy atom. The number of hydrogen-bond acceptors (Lipinski definition) is 3. The molecule has 4 rings (SSSR count). The molecule has 0 unspecified atom stereocenters. The summed E-state index contributed by atoms with van der Waals surface area (Å²) >= 11 is 0. The monoisotopic (exact) mass is 333 g/mol. The average Bonchev–Trinajstić information content (AvgIpc) is 3.19. The molecule has 3 nitrogen and oxygen atoms in total. The first kappa shape index (κ1) is 14.5. The Morgan fingerprint density at radius 2 is 1.42 bits per heavy atom. The van der Waals surface area contributed by atoms with Crippen LogP contribution in [0.25, 0.3) is 34.1 Å². The zero-order chi connectivity index (χ0) is 16.8. The van der Waals surface area contributed by atoms with Gasteiger partial charge in [0.15, 0.2) is 34.6 Å². The van der Waals surface area contributed by atoms with Crippen LogP contribution >= 0.6 is 0 Å². The highest BCUT2D eigenvalue weighted by atomic mass is 19.2. The third-order valence-electron chi connectivity index (χ3n) is 3.47. The van der Waals surface area contributed by atoms with Crippen LogP contribution in [0, 0.1) is 23.3 Å². The summed E-state index contributed by atoms with van der Waals surface area (Å²) in [5, 5.41) is 0. The molecule has 0 aliphatic heterocycles. The Hall–Kier alpha value is -3.09. The van der Waals surface area contributed by atoms with Crippen molar-refractivity contribution in [1.82, 2.24) is 4.98 Å². The molecule has 120 valence electrons. The van der Waals surface area contributed by atoms with Gasteiger partial charge in [-0.1, -0.05) is 12.1 Å². The highest BCUT2D eigenvalue weighted by Crippen LogP contribution is 2.34. The van der Waals surface area contributed by atoms with E-state index in [1.807, 2.05) is 0 Å². The molecule has 0 fully saturated rings. The summed E-state index contributed by atoms with van der Waals surface area (Å²) in [7, 11) is 0. The van der Waals surface area contributed by atoms with Crippen LogP contribution < -0.4 is 0 Å². The van der Waals surface area contributed by atoms with Gasteiger partial charge in [-0.05, 0) is 24.3 Å². The van der Waals surface area contributed by atoms with Gasteiger partial charge < -0.3 is 8.83 Å². The molecule has 0 bridgehead atoms. The molecule has 0 aliphatic rings. The first-order chi connectivity index (χ1) is 11.5. The van der Waals surface area contributed by atoms with Gasteiger partial charge in [0.1, 0.15) is 11.3 Å². The fraction of sp³-hybridized carbons (Fsp3) is 0. The Balaban J connectivity index is 1.84. The largest absolute Gasteiger partial charge is 0.451 e. The van der Waals surface area contributed by atoms with Gasteiger partial charge >= 0.3 is 0 Å². The SMILES string of the molecule is Fc1cc(F)c(F)c(-c2ccc(-c3nc4ccccc4o3)o2)c1F. The van der Waals surface area contributed by atoms with Crippen molar-refractivity contribution in [3.63, 3.8) is 0 Å². The molecule has 0 N–H and O–H groups in total. The van der Waals surface area contributed by atoms with Crippen LogP contribution in [0.15, 0.2) is 51.3 Å². The first-order valence-electron chi connectivity index (χ1n) is 6.84. The van der Waals surface area contributed by atoms with E-state index >= 15 is 0 Å². The zero-order valence-electron chi connectivity index (χ0n) is 11.8. The lowest BCUT2D eigenvalue weighted by molar-refractivity contribution is 0.451. The maximum atomic E-state index is 13.8. The molecule has 0 radical (unpaired) electrons. The lowest BCUT2D eigenvalue weighted by atomic mass is 10.1. The second-order valence-corrected chi connectivity index (χ2v) is 4.99. The second kappa shape index (κ2) is 5.23. The fourth-order valence-electron chi connectivity index (χ4n) is 2.35. The van der Waals surface area contributed by atoms with E-state index in [4.69, 9.17) is 8.83 Å². The molecule has 2 heterocycles. The average molecular weight is 333 g/mol. The molecule has 0 saturated heterocycles. The molecule has 0 amide bonds. The third-order valence-corrected chi connectivity index (χ3v) is 3.47. The fourth-order valence-corrected chi connectivity index (χ4v) is 2.35. The smallest absolute Gasteiger partial charge is 0.263 e. The maximum Gasteiger partial charge on any atom is 0.263 e. The Kier molecular flexibility index (Phi) is 3.16. The summed E-state index contributed by atoms with van der Waals surface area (Å²) in [4.78, 5) is 4.17. The van der Waals surface area contributed by atoms with Crippen LogP contribution in [-0.2, 0) is 0 Å². The quantitative estimate of drug-likeness (QED) is 0.368. The normalized spacial score (nSPS) is 11.3. The molecule has 24 heavy (non-hydrogen) atoms. The molecule has 2 aromatic heterocycles. The molecular formula is C17H7F4NO2. The predicted octanol–water partition coefficient (Wildman–Crippen LogP) is 5.31. The van der Waals surface area contributed by atoms with Gasteiger partial charge in [-0.15, -0.1) is 0 Å². The topological polar surface area (TPSA) is 39.2 Å². The highest BCUT2D eigenvalue weighted by Gasteiger charge is 2.24. The Morgan fingerprint density at radius 3 is 2.12 bits per heavy atom. The summed E-state index contributed by atoms with van der Waals surface area (Å²) in [5.41, 5.74) is 0.147. The summed E-state index contributed by atoms with van der Waals surface area (Å²) < 4.78 is 65.1. The number of fused-ring (bicyclic) bond motifs is 1. The minimum absolute atomic E-state index is 0.0738. The van der Waals surface area contributed by atoms with Crippen LogP contribution in [0.1, 0.15) is 0 Å². The van der Waals surface area contributed by atoms with Crippen molar-refractivity contribution in [2.24, 2.45) is 0 Å². The predicted molar refractivity (Wildman–Crippen MR) is 77.0 cm³/mol. The minimum Gasteiger partial charge on any atom is -0.451 e. The van der Waals surface area contributed by atoms with Gasteiger partial charge in [0.25, 0.3) is 5.89 Å². The summed E-state index contributed by atoms with van der Waals surface area (Å²) in [6.45, 7) is 0. The van der Waals surface area contributed by atoms with E-state index in [1.165, 1.54) is 12.1 Å². The van der Waals surface area contributed by atoms with Gasteiger partial charge in [-0.2, -0.15) is 0 Å². The van der Waals surface area contributed by atoms with Crippen molar-refractivity contribution < 1.29 is 26.4 Å². The molecule has 0 spiro atoms. The summed E-state index contributed by atoms with van der Waals surface area (Å²) in [6, 6.07) is 9.60. The van der Waals surface area contributed by atoms with E-state index in [2.05, 4.69) is 4.98 Å². The van der Waals surface area contributed by atoms with E-state index < -0.39 is 28.8 Å². The number of furan rings is 1. The number of para-hydroxylation sites is 2. The van der Waals surface area contributed by atoms with Crippen molar-refractivity contribution in [2.75, 3.05) is 0 Å². The first-order valence-corrected chi connectivity index (χ1v) is 6.84. The van der Waals surface area contributed by atoms with E-state index in [0.29, 0.717) is 11.1 Å². The van der Waals surface area contributed by atoms with Crippen LogP contribution in [0.3, 0.4) is 0 Å². The summed E-state index contributed by atoms with van der Waals surface area (Å²) in [5.74, 6) is -6.31. The minimum atomic E-state index is -1.53. The Bertz CT molecular complexity index is 1010. The van der Waals surface area contributed by atoms with Crippen molar-refractivity contribution >= 4 is 11.1 Å². The number of oxazole rings is 1. The van der Waals surface area contributed by atoms with Crippen molar-refractivity contribution in [3.05, 3.63) is 65.7 Å². The van der Waals surface area contributed by atoms with E-state index in [1.54, 1.807) is 24.3 Å². The van der Waals surface area contributed by atoms with Crippen LogP contribution in [0.4, 0.5) is 17.6 Å². The molecule has 0 saturated carbocycles. The van der Waals surface area contributed by atoms with Gasteiger partial charge in [0.05, 0.1) is 5.56 Å². The van der Waals surface area contributed by atoms with E-state index in [0.717, 1.165) is 0 Å². The zero-order valence-corrected chi connectivity index (χ0v) is 11.8. The van der Waals surface area contributed by atoms with Crippen molar-refractivity contribution in [3.8, 4) is 23.0 Å².